The predicted octanol–water partition coefficient (Wildman–Crippen LogP) is 3.08. The molecule has 0 saturated heterocycles. The van der Waals surface area contributed by atoms with E-state index < -0.39 is 17.9 Å². The van der Waals surface area contributed by atoms with Gasteiger partial charge in [-0.2, -0.15) is 0 Å². The Hall–Kier alpha value is -3.00. The van der Waals surface area contributed by atoms with E-state index in [4.69, 9.17) is 5.21 Å². The summed E-state index contributed by atoms with van der Waals surface area (Å²) in [5.74, 6) is -1.05. The minimum atomic E-state index is -0.811. The molecule has 1 atom stereocenters. The fourth-order valence-corrected chi connectivity index (χ4v) is 3.07. The minimum Gasteiger partial charge on any atom is -0.480 e. The molecule has 0 spiro atoms. The summed E-state index contributed by atoms with van der Waals surface area (Å²) in [6.07, 6.45) is 3.49. The van der Waals surface area contributed by atoms with Crippen LogP contribution in [0.15, 0.2) is 54.6 Å². The number of nitrogens with one attached hydrogen (secondary N) is 3. The van der Waals surface area contributed by atoms with Crippen molar-refractivity contribution in [1.29, 1.82) is 0 Å². The maximum absolute atomic E-state index is 11.3. The van der Waals surface area contributed by atoms with Gasteiger partial charge in [-0.3, -0.25) is 14.8 Å². The molecule has 0 heterocycles. The standard InChI is InChI=1S/C24H31N3O4/c1-17(2)13-22(24(29)30)26-16-21-9-7-20(8-10-21)15-25-14-19-5-3-18(4-6-19)11-12-23(28)27-31/h3-12,17,22,25-26,31H,13-16H2,1-2H3,(H,27,28)(H,29,30)/b12-11+/t22-/m1/s1. The Morgan fingerprint density at radius 2 is 1.42 bits per heavy atom. The van der Waals surface area contributed by atoms with Gasteiger partial charge in [-0.15, -0.1) is 0 Å². The fourth-order valence-electron chi connectivity index (χ4n) is 3.07. The van der Waals surface area contributed by atoms with E-state index in [-0.39, 0.29) is 0 Å². The molecule has 7 heteroatoms. The first-order valence-electron chi connectivity index (χ1n) is 10.3. The van der Waals surface area contributed by atoms with Gasteiger partial charge in [0.2, 0.25) is 0 Å². The number of aliphatic carboxylic acids is 1. The summed E-state index contributed by atoms with van der Waals surface area (Å²) in [5.41, 5.74) is 5.75. The third-order valence-corrected chi connectivity index (χ3v) is 4.76. The van der Waals surface area contributed by atoms with Crippen molar-refractivity contribution in [2.75, 3.05) is 0 Å². The van der Waals surface area contributed by atoms with Gasteiger partial charge in [-0.1, -0.05) is 62.4 Å². The molecular formula is C24H31N3O4. The SMILES string of the molecule is CC(C)C[C@@H](NCc1ccc(CNCc2ccc(/C=C/C(=O)NO)cc2)cc1)C(=O)O. The third-order valence-electron chi connectivity index (χ3n) is 4.76. The van der Waals surface area contributed by atoms with Gasteiger partial charge in [-0.05, 0) is 40.7 Å². The summed E-state index contributed by atoms with van der Waals surface area (Å²) in [6, 6.07) is 15.4. The van der Waals surface area contributed by atoms with Crippen LogP contribution >= 0.6 is 0 Å². The summed E-state index contributed by atoms with van der Waals surface area (Å²) in [5, 5.41) is 24.3. The normalized spacial score (nSPS) is 12.3. The Kier molecular flexibility index (Phi) is 9.90. The summed E-state index contributed by atoms with van der Waals surface area (Å²) < 4.78 is 0. The number of carbonyl (C=O) groups is 2. The van der Waals surface area contributed by atoms with Crippen LogP contribution in [-0.4, -0.2) is 28.2 Å². The average Bonchev–Trinajstić information content (AvgIpc) is 2.76. The number of amides is 1. The maximum atomic E-state index is 11.3. The van der Waals surface area contributed by atoms with Crippen molar-refractivity contribution in [3.8, 4) is 0 Å². The van der Waals surface area contributed by atoms with Gasteiger partial charge in [0.05, 0.1) is 0 Å². The van der Waals surface area contributed by atoms with Gasteiger partial charge in [0.15, 0.2) is 0 Å². The summed E-state index contributed by atoms with van der Waals surface area (Å²) in [4.78, 5) is 22.3. The van der Waals surface area contributed by atoms with Crippen molar-refractivity contribution < 1.29 is 19.9 Å². The van der Waals surface area contributed by atoms with Crippen LogP contribution < -0.4 is 16.1 Å². The molecule has 7 nitrogen and oxygen atoms in total. The van der Waals surface area contributed by atoms with Gasteiger partial charge in [-0.25, -0.2) is 5.48 Å². The molecule has 2 rings (SSSR count). The van der Waals surface area contributed by atoms with E-state index in [1.807, 2.05) is 62.4 Å². The third kappa shape index (κ3) is 9.13. The summed E-state index contributed by atoms with van der Waals surface area (Å²) in [6.45, 7) is 5.99. The summed E-state index contributed by atoms with van der Waals surface area (Å²) in [7, 11) is 0. The van der Waals surface area contributed by atoms with Crippen LogP contribution in [0.3, 0.4) is 0 Å². The molecular weight excluding hydrogens is 394 g/mol. The topological polar surface area (TPSA) is 111 Å². The summed E-state index contributed by atoms with van der Waals surface area (Å²) >= 11 is 0. The Balaban J connectivity index is 1.77. The van der Waals surface area contributed by atoms with E-state index in [1.165, 1.54) is 6.08 Å². The van der Waals surface area contributed by atoms with Crippen LogP contribution in [0.4, 0.5) is 0 Å². The molecule has 2 aromatic carbocycles. The number of carbonyl (C=O) groups excluding carboxylic acids is 1. The Morgan fingerprint density at radius 1 is 0.903 bits per heavy atom. The van der Waals surface area contributed by atoms with Gasteiger partial charge in [0.1, 0.15) is 6.04 Å². The smallest absolute Gasteiger partial charge is 0.320 e. The molecule has 5 N–H and O–H groups in total. The van der Waals surface area contributed by atoms with Crippen LogP contribution in [0.2, 0.25) is 0 Å². The zero-order valence-corrected chi connectivity index (χ0v) is 18.0. The van der Waals surface area contributed by atoms with E-state index in [9.17, 15) is 14.7 Å². The molecule has 0 bridgehead atoms. The highest BCUT2D eigenvalue weighted by molar-refractivity contribution is 5.90. The number of rotatable bonds is 12. The average molecular weight is 426 g/mol. The van der Waals surface area contributed by atoms with Crippen molar-refractivity contribution in [2.45, 2.75) is 45.9 Å². The van der Waals surface area contributed by atoms with Crippen molar-refractivity contribution in [3.05, 3.63) is 76.9 Å². The quantitative estimate of drug-likeness (QED) is 0.203. The molecule has 0 fully saturated rings. The highest BCUT2D eigenvalue weighted by Gasteiger charge is 2.17. The number of hydrogen-bond donors (Lipinski definition) is 5. The lowest BCUT2D eigenvalue weighted by atomic mass is 10.0. The molecule has 0 saturated carbocycles. The highest BCUT2D eigenvalue weighted by Crippen LogP contribution is 2.09. The second-order valence-corrected chi connectivity index (χ2v) is 7.87. The molecule has 166 valence electrons. The maximum Gasteiger partial charge on any atom is 0.320 e. The van der Waals surface area contributed by atoms with E-state index in [2.05, 4.69) is 10.6 Å². The van der Waals surface area contributed by atoms with Gasteiger partial charge < -0.3 is 15.7 Å². The predicted molar refractivity (Wildman–Crippen MR) is 120 cm³/mol. The number of hydroxylamine groups is 1. The first-order valence-corrected chi connectivity index (χ1v) is 10.3. The van der Waals surface area contributed by atoms with Crippen molar-refractivity contribution in [1.82, 2.24) is 16.1 Å². The van der Waals surface area contributed by atoms with E-state index in [1.54, 1.807) is 11.6 Å². The number of benzene rings is 2. The lowest BCUT2D eigenvalue weighted by molar-refractivity contribution is -0.140. The van der Waals surface area contributed by atoms with E-state index >= 15 is 0 Å². The monoisotopic (exact) mass is 425 g/mol. The van der Waals surface area contributed by atoms with Gasteiger partial charge in [0, 0.05) is 25.7 Å². The molecule has 31 heavy (non-hydrogen) atoms. The van der Waals surface area contributed by atoms with Gasteiger partial charge >= 0.3 is 5.97 Å². The Bertz CT molecular complexity index is 861. The lowest BCUT2D eigenvalue weighted by Crippen LogP contribution is -2.37. The molecule has 0 aliphatic heterocycles. The number of hydrogen-bond acceptors (Lipinski definition) is 5. The fraction of sp³-hybridized carbons (Fsp3) is 0.333. The van der Waals surface area contributed by atoms with Crippen molar-refractivity contribution in [2.24, 2.45) is 5.92 Å². The number of carboxylic acid groups (broad SMARTS) is 1. The minimum absolute atomic E-state index is 0.322. The zero-order chi connectivity index (χ0) is 22.6. The van der Waals surface area contributed by atoms with E-state index in [0.717, 1.165) is 28.8 Å². The van der Waals surface area contributed by atoms with Crippen LogP contribution in [-0.2, 0) is 29.2 Å². The molecule has 0 aliphatic rings. The molecule has 0 radical (unpaired) electrons. The second-order valence-electron chi connectivity index (χ2n) is 7.87. The van der Waals surface area contributed by atoms with Crippen LogP contribution in [0.5, 0.6) is 0 Å². The second kappa shape index (κ2) is 12.6. The lowest BCUT2D eigenvalue weighted by Gasteiger charge is -2.16. The Morgan fingerprint density at radius 3 is 1.90 bits per heavy atom. The first-order chi connectivity index (χ1) is 14.9. The highest BCUT2D eigenvalue weighted by atomic mass is 16.5. The van der Waals surface area contributed by atoms with Crippen LogP contribution in [0, 0.1) is 5.92 Å². The molecule has 0 aliphatic carbocycles. The first kappa shape index (κ1) is 24.3. The molecule has 1 amide bonds. The Labute approximate surface area is 183 Å². The molecule has 0 aromatic heterocycles. The van der Waals surface area contributed by atoms with Crippen LogP contribution in [0.25, 0.3) is 6.08 Å². The molecule has 0 unspecified atom stereocenters. The van der Waals surface area contributed by atoms with Crippen LogP contribution in [0.1, 0.15) is 42.5 Å². The van der Waals surface area contributed by atoms with E-state index in [0.29, 0.717) is 25.4 Å². The zero-order valence-electron chi connectivity index (χ0n) is 18.0. The van der Waals surface area contributed by atoms with Crippen molar-refractivity contribution in [3.63, 3.8) is 0 Å². The van der Waals surface area contributed by atoms with Gasteiger partial charge in [0.25, 0.3) is 5.91 Å². The number of carboxylic acids is 1. The largest absolute Gasteiger partial charge is 0.480 e. The molecule has 2 aromatic rings. The van der Waals surface area contributed by atoms with Crippen molar-refractivity contribution >= 4 is 18.0 Å².